The van der Waals surface area contributed by atoms with Gasteiger partial charge in [-0.1, -0.05) is 19.9 Å². The van der Waals surface area contributed by atoms with Gasteiger partial charge in [0.05, 0.1) is 29.7 Å². The number of ether oxygens (including phenoxy) is 1. The Bertz CT molecular complexity index is 1440. The molecule has 2 fully saturated rings. The second kappa shape index (κ2) is 9.00. The fourth-order valence-electron chi connectivity index (χ4n) is 4.90. The zero-order valence-corrected chi connectivity index (χ0v) is 21.2. The monoisotopic (exact) mass is 486 g/mol. The van der Waals surface area contributed by atoms with Crippen molar-refractivity contribution in [2.75, 3.05) is 6.61 Å². The summed E-state index contributed by atoms with van der Waals surface area (Å²) in [6.45, 7) is 8.54. The van der Waals surface area contributed by atoms with E-state index in [0.717, 1.165) is 35.4 Å². The molecule has 4 aromatic rings. The van der Waals surface area contributed by atoms with Crippen LogP contribution in [0.4, 0.5) is 4.39 Å². The van der Waals surface area contributed by atoms with Crippen molar-refractivity contribution < 1.29 is 9.13 Å². The van der Waals surface area contributed by atoms with Crippen molar-refractivity contribution in [3.63, 3.8) is 0 Å². The van der Waals surface area contributed by atoms with Gasteiger partial charge in [-0.2, -0.15) is 5.10 Å². The normalized spacial score (nSPS) is 20.4. The summed E-state index contributed by atoms with van der Waals surface area (Å²) in [5.74, 6) is 0.673. The molecule has 2 aliphatic rings. The number of halogens is 1. The van der Waals surface area contributed by atoms with E-state index in [9.17, 15) is 0 Å². The Labute approximate surface area is 210 Å². The Hall–Kier alpha value is -3.26. The van der Waals surface area contributed by atoms with Crippen molar-refractivity contribution in [3.05, 3.63) is 64.7 Å². The number of benzene rings is 1. The van der Waals surface area contributed by atoms with E-state index >= 15 is 4.39 Å². The highest BCUT2D eigenvalue weighted by atomic mass is 19.1. The Morgan fingerprint density at radius 2 is 1.83 bits per heavy atom. The number of aryl methyl sites for hydroxylation is 2. The van der Waals surface area contributed by atoms with Crippen LogP contribution in [0.5, 0.6) is 0 Å². The minimum atomic E-state index is -0.301. The second-order valence-corrected chi connectivity index (χ2v) is 10.5. The molecule has 1 aromatic carbocycles. The number of fused-ring (bicyclic) bond motifs is 1. The molecule has 1 saturated carbocycles. The summed E-state index contributed by atoms with van der Waals surface area (Å²) in [7, 11) is 0. The summed E-state index contributed by atoms with van der Waals surface area (Å²) < 4.78 is 23.6. The van der Waals surface area contributed by atoms with Crippen LogP contribution in [0, 0.1) is 19.7 Å². The smallest absolute Gasteiger partial charge is 0.182 e. The number of nitrogens with zero attached hydrogens (tertiary/aromatic N) is 6. The lowest BCUT2D eigenvalue weighted by Crippen LogP contribution is -2.20. The van der Waals surface area contributed by atoms with Crippen molar-refractivity contribution in [1.82, 2.24) is 29.7 Å². The highest BCUT2D eigenvalue weighted by molar-refractivity contribution is 5.87. The average Bonchev–Trinajstić information content (AvgIpc) is 3.60. The molecule has 7 nitrogen and oxygen atoms in total. The first kappa shape index (κ1) is 23.2. The zero-order chi connectivity index (χ0) is 25.0. The van der Waals surface area contributed by atoms with Crippen LogP contribution in [0.15, 0.2) is 30.6 Å². The van der Waals surface area contributed by atoms with Gasteiger partial charge in [0.15, 0.2) is 5.65 Å². The summed E-state index contributed by atoms with van der Waals surface area (Å²) in [6, 6.07) is 5.91. The minimum absolute atomic E-state index is 0.0631. The molecule has 0 N–H and O–H groups in total. The molecular formula is C28H31FN6O. The molecule has 2 atom stereocenters. The molecule has 1 saturated heterocycles. The van der Waals surface area contributed by atoms with Gasteiger partial charge in [-0.3, -0.25) is 4.68 Å². The summed E-state index contributed by atoms with van der Waals surface area (Å²) in [5.41, 5.74) is 5.62. The number of hydrogen-bond donors (Lipinski definition) is 0. The third-order valence-electron chi connectivity index (χ3n) is 7.44. The standard InChI is InChI=1S/C28H31FN6O/c1-15(2)18-5-8-22(23(29)11-18)25-26-28(32-17(4)16(3)31-26)34-27(33-25)19-9-10-36-24(12-19)20-13-30-35(14-20)21-6-7-21/h5,8,11,13-15,19,21,24H,6-7,9-10,12H2,1-4H3/t19-,24-/m0/s1. The average molecular weight is 487 g/mol. The van der Waals surface area contributed by atoms with Crippen molar-refractivity contribution in [2.24, 2.45) is 0 Å². The molecule has 8 heteroatoms. The van der Waals surface area contributed by atoms with Crippen LogP contribution in [0.1, 0.15) is 91.9 Å². The number of aromatic nitrogens is 6. The van der Waals surface area contributed by atoms with Crippen LogP contribution in [-0.2, 0) is 4.74 Å². The molecule has 0 unspecified atom stereocenters. The maximum Gasteiger partial charge on any atom is 0.182 e. The number of rotatable bonds is 5. The van der Waals surface area contributed by atoms with Crippen LogP contribution < -0.4 is 0 Å². The van der Waals surface area contributed by atoms with Crippen LogP contribution >= 0.6 is 0 Å². The first-order chi connectivity index (χ1) is 17.4. The van der Waals surface area contributed by atoms with Gasteiger partial charge in [-0.05, 0) is 63.1 Å². The molecule has 186 valence electrons. The summed E-state index contributed by atoms with van der Waals surface area (Å²) in [4.78, 5) is 19.2. The van der Waals surface area contributed by atoms with Gasteiger partial charge in [0.1, 0.15) is 22.9 Å². The summed E-state index contributed by atoms with van der Waals surface area (Å²) in [6.07, 6.45) is 7.89. The van der Waals surface area contributed by atoms with Crippen molar-refractivity contribution in [3.8, 4) is 11.3 Å². The van der Waals surface area contributed by atoms with Gasteiger partial charge in [-0.25, -0.2) is 24.3 Å². The Balaban J connectivity index is 1.41. The Kier molecular flexibility index (Phi) is 5.79. The molecule has 1 aliphatic heterocycles. The Morgan fingerprint density at radius 3 is 2.58 bits per heavy atom. The fraction of sp³-hybridized carbons (Fsp3) is 0.464. The molecule has 1 aliphatic carbocycles. The third-order valence-corrected chi connectivity index (χ3v) is 7.44. The van der Waals surface area contributed by atoms with E-state index in [-0.39, 0.29) is 23.8 Å². The van der Waals surface area contributed by atoms with Gasteiger partial charge in [0, 0.05) is 29.8 Å². The molecule has 6 rings (SSSR count). The summed E-state index contributed by atoms with van der Waals surface area (Å²) in [5, 5.41) is 4.54. The van der Waals surface area contributed by atoms with E-state index in [1.54, 1.807) is 6.07 Å². The van der Waals surface area contributed by atoms with Gasteiger partial charge in [-0.15, -0.1) is 0 Å². The molecular weight excluding hydrogens is 455 g/mol. The number of hydrogen-bond acceptors (Lipinski definition) is 6. The second-order valence-electron chi connectivity index (χ2n) is 10.5. The molecule has 0 spiro atoms. The van der Waals surface area contributed by atoms with Crippen molar-refractivity contribution in [1.29, 1.82) is 0 Å². The van der Waals surface area contributed by atoms with Crippen LogP contribution in [0.2, 0.25) is 0 Å². The van der Waals surface area contributed by atoms with E-state index < -0.39 is 0 Å². The van der Waals surface area contributed by atoms with Crippen LogP contribution in [-0.4, -0.2) is 36.3 Å². The maximum atomic E-state index is 15.4. The SMILES string of the molecule is Cc1nc2nc([C@H]3CCO[C@H](c4cnn(C5CC5)c4)C3)nc(-c3ccc(C(C)C)cc3F)c2nc1C. The van der Waals surface area contributed by atoms with Crippen molar-refractivity contribution in [2.45, 2.75) is 77.4 Å². The first-order valence-corrected chi connectivity index (χ1v) is 12.9. The maximum absolute atomic E-state index is 15.4. The van der Waals surface area contributed by atoms with E-state index in [0.29, 0.717) is 40.9 Å². The predicted molar refractivity (Wildman–Crippen MR) is 135 cm³/mol. The molecule has 4 heterocycles. The molecule has 3 aromatic heterocycles. The van der Waals surface area contributed by atoms with Gasteiger partial charge < -0.3 is 4.74 Å². The lowest BCUT2D eigenvalue weighted by molar-refractivity contribution is 0.00396. The van der Waals surface area contributed by atoms with E-state index in [1.807, 2.05) is 32.2 Å². The lowest BCUT2D eigenvalue weighted by atomic mass is 9.92. The lowest BCUT2D eigenvalue weighted by Gasteiger charge is -2.28. The fourth-order valence-corrected chi connectivity index (χ4v) is 4.90. The summed E-state index contributed by atoms with van der Waals surface area (Å²) >= 11 is 0. The van der Waals surface area contributed by atoms with E-state index in [1.165, 1.54) is 12.8 Å². The largest absolute Gasteiger partial charge is 0.373 e. The Morgan fingerprint density at radius 1 is 1.03 bits per heavy atom. The zero-order valence-electron chi connectivity index (χ0n) is 21.2. The molecule has 36 heavy (non-hydrogen) atoms. The highest BCUT2D eigenvalue weighted by Gasteiger charge is 2.31. The predicted octanol–water partition coefficient (Wildman–Crippen LogP) is 6.13. The van der Waals surface area contributed by atoms with Gasteiger partial charge in [0.2, 0.25) is 0 Å². The third kappa shape index (κ3) is 4.28. The molecule has 0 bridgehead atoms. The van der Waals surface area contributed by atoms with Gasteiger partial charge >= 0.3 is 0 Å². The van der Waals surface area contributed by atoms with E-state index in [4.69, 9.17) is 24.7 Å². The first-order valence-electron chi connectivity index (χ1n) is 12.9. The minimum Gasteiger partial charge on any atom is -0.373 e. The quantitative estimate of drug-likeness (QED) is 0.337. The molecule has 0 amide bonds. The topological polar surface area (TPSA) is 78.6 Å². The van der Waals surface area contributed by atoms with Crippen LogP contribution in [0.3, 0.4) is 0 Å². The highest BCUT2D eigenvalue weighted by Crippen LogP contribution is 2.40. The van der Waals surface area contributed by atoms with Crippen molar-refractivity contribution >= 4 is 11.2 Å². The molecule has 0 radical (unpaired) electrons. The van der Waals surface area contributed by atoms with Crippen LogP contribution in [0.25, 0.3) is 22.4 Å². The van der Waals surface area contributed by atoms with E-state index in [2.05, 4.69) is 29.8 Å². The van der Waals surface area contributed by atoms with Gasteiger partial charge in [0.25, 0.3) is 0 Å².